The van der Waals surface area contributed by atoms with Crippen molar-refractivity contribution in [2.75, 3.05) is 0 Å². The van der Waals surface area contributed by atoms with Crippen LogP contribution < -0.4 is 0 Å². The molecule has 102 valence electrons. The fourth-order valence-electron chi connectivity index (χ4n) is 1.39. The lowest BCUT2D eigenvalue weighted by atomic mass is 10.2. The number of aromatic carboxylic acids is 1. The maximum absolute atomic E-state index is 13.8. The second-order valence-corrected chi connectivity index (χ2v) is 4.57. The molecule has 0 fully saturated rings. The van der Waals surface area contributed by atoms with Gasteiger partial charge in [0.15, 0.2) is 0 Å². The molecule has 20 heavy (non-hydrogen) atoms. The highest BCUT2D eigenvalue weighted by Crippen LogP contribution is 2.32. The lowest BCUT2D eigenvalue weighted by Crippen LogP contribution is -2.04. The highest BCUT2D eigenvalue weighted by atomic mass is 32.2. The molecule has 0 amide bonds. The summed E-state index contributed by atoms with van der Waals surface area (Å²) in [4.78, 5) is 28.3. The lowest BCUT2D eigenvalue weighted by molar-refractivity contribution is -0.385. The first-order chi connectivity index (χ1) is 9.49. The standard InChI is InChI=1S/C11H6FN3O4S/c12-7-4-8(15(18)19)6(11(16)17)3-9(7)20-10-5-13-1-2-14-10/h1-5H,(H,16,17). The summed E-state index contributed by atoms with van der Waals surface area (Å²) in [6.07, 6.45) is 4.19. The average Bonchev–Trinajstić information content (AvgIpc) is 2.41. The number of nitrogens with zero attached hydrogens (tertiary/aromatic N) is 3. The van der Waals surface area contributed by atoms with Gasteiger partial charge in [-0.15, -0.1) is 0 Å². The number of hydrogen-bond donors (Lipinski definition) is 1. The quantitative estimate of drug-likeness (QED) is 0.681. The molecular formula is C11H6FN3O4S. The fourth-order valence-corrected chi connectivity index (χ4v) is 2.18. The average molecular weight is 295 g/mol. The summed E-state index contributed by atoms with van der Waals surface area (Å²) in [6.45, 7) is 0. The molecule has 0 radical (unpaired) electrons. The highest BCUT2D eigenvalue weighted by Gasteiger charge is 2.23. The first-order valence-electron chi connectivity index (χ1n) is 5.14. The third-order valence-electron chi connectivity index (χ3n) is 2.23. The Labute approximate surface area is 115 Å². The van der Waals surface area contributed by atoms with Crippen LogP contribution in [0, 0.1) is 15.9 Å². The van der Waals surface area contributed by atoms with E-state index in [9.17, 15) is 19.3 Å². The molecule has 0 spiro atoms. The second-order valence-electron chi connectivity index (χ2n) is 3.51. The van der Waals surface area contributed by atoms with Crippen LogP contribution in [-0.4, -0.2) is 26.0 Å². The number of nitro benzene ring substituents is 1. The van der Waals surface area contributed by atoms with E-state index in [0.717, 1.165) is 17.8 Å². The van der Waals surface area contributed by atoms with Crippen LogP contribution in [-0.2, 0) is 0 Å². The Morgan fingerprint density at radius 1 is 1.40 bits per heavy atom. The Balaban J connectivity index is 2.47. The zero-order valence-electron chi connectivity index (χ0n) is 9.69. The van der Waals surface area contributed by atoms with Gasteiger partial charge in [0.1, 0.15) is 16.4 Å². The highest BCUT2D eigenvalue weighted by molar-refractivity contribution is 7.99. The van der Waals surface area contributed by atoms with E-state index in [1.54, 1.807) is 0 Å². The van der Waals surface area contributed by atoms with Crippen molar-refractivity contribution in [2.45, 2.75) is 9.92 Å². The van der Waals surface area contributed by atoms with Gasteiger partial charge in [0.25, 0.3) is 5.69 Å². The molecule has 9 heteroatoms. The van der Waals surface area contributed by atoms with Gasteiger partial charge in [0, 0.05) is 12.4 Å². The number of aromatic nitrogens is 2. The van der Waals surface area contributed by atoms with Crippen LogP contribution in [0.2, 0.25) is 0 Å². The van der Waals surface area contributed by atoms with Gasteiger partial charge >= 0.3 is 5.97 Å². The van der Waals surface area contributed by atoms with Crippen molar-refractivity contribution in [1.82, 2.24) is 9.97 Å². The Morgan fingerprint density at radius 2 is 2.15 bits per heavy atom. The Hall–Kier alpha value is -2.55. The monoisotopic (exact) mass is 295 g/mol. The van der Waals surface area contributed by atoms with Crippen molar-refractivity contribution in [3.05, 3.63) is 52.2 Å². The first-order valence-corrected chi connectivity index (χ1v) is 5.96. The maximum atomic E-state index is 13.8. The third-order valence-corrected chi connectivity index (χ3v) is 3.18. The number of carbonyl (C=O) groups is 1. The van der Waals surface area contributed by atoms with E-state index in [-0.39, 0.29) is 4.90 Å². The lowest BCUT2D eigenvalue weighted by Gasteiger charge is -2.04. The molecule has 1 aromatic heterocycles. The van der Waals surface area contributed by atoms with Crippen molar-refractivity contribution < 1.29 is 19.2 Å². The summed E-state index contributed by atoms with van der Waals surface area (Å²) < 4.78 is 13.8. The fraction of sp³-hybridized carbons (Fsp3) is 0. The van der Waals surface area contributed by atoms with Gasteiger partial charge in [-0.05, 0) is 6.07 Å². The number of carboxylic acids is 1. The van der Waals surface area contributed by atoms with E-state index in [1.165, 1.54) is 18.6 Å². The number of carboxylic acid groups (broad SMARTS) is 1. The molecule has 7 nitrogen and oxygen atoms in total. The van der Waals surface area contributed by atoms with Gasteiger partial charge in [-0.3, -0.25) is 15.1 Å². The zero-order chi connectivity index (χ0) is 14.7. The van der Waals surface area contributed by atoms with E-state index in [2.05, 4.69) is 9.97 Å². The van der Waals surface area contributed by atoms with Crippen LogP contribution in [0.25, 0.3) is 0 Å². The molecule has 1 N–H and O–H groups in total. The van der Waals surface area contributed by atoms with Crippen LogP contribution in [0.3, 0.4) is 0 Å². The minimum absolute atomic E-state index is 0.0755. The van der Waals surface area contributed by atoms with Gasteiger partial charge in [-0.25, -0.2) is 14.2 Å². The summed E-state index contributed by atoms with van der Waals surface area (Å²) in [5.41, 5.74) is -1.37. The van der Waals surface area contributed by atoms with Crippen LogP contribution in [0.1, 0.15) is 10.4 Å². The van der Waals surface area contributed by atoms with Gasteiger partial charge in [0.2, 0.25) is 0 Å². The number of benzene rings is 1. The summed E-state index contributed by atoms with van der Waals surface area (Å²) in [5, 5.41) is 20.0. The van der Waals surface area contributed by atoms with Crippen molar-refractivity contribution in [1.29, 1.82) is 0 Å². The normalized spacial score (nSPS) is 10.2. The molecule has 1 aromatic carbocycles. The van der Waals surface area contributed by atoms with Crippen molar-refractivity contribution >= 4 is 23.4 Å². The molecule has 0 bridgehead atoms. The Morgan fingerprint density at radius 3 is 2.70 bits per heavy atom. The molecule has 0 aliphatic heterocycles. The molecule has 0 atom stereocenters. The smallest absolute Gasteiger partial charge is 0.342 e. The molecule has 2 rings (SSSR count). The van der Waals surface area contributed by atoms with Crippen LogP contribution in [0.5, 0.6) is 0 Å². The minimum Gasteiger partial charge on any atom is -0.477 e. The van der Waals surface area contributed by atoms with E-state index < -0.39 is 28.0 Å². The largest absolute Gasteiger partial charge is 0.477 e. The second kappa shape index (κ2) is 5.61. The van der Waals surface area contributed by atoms with Crippen LogP contribution in [0.4, 0.5) is 10.1 Å². The van der Waals surface area contributed by atoms with Crippen LogP contribution >= 0.6 is 11.8 Å². The first kappa shape index (κ1) is 13.9. The summed E-state index contributed by atoms with van der Waals surface area (Å²) in [7, 11) is 0. The predicted octanol–water partition coefficient (Wildman–Crippen LogP) is 2.37. The van der Waals surface area contributed by atoms with E-state index in [4.69, 9.17) is 5.11 Å². The van der Waals surface area contributed by atoms with Gasteiger partial charge in [0.05, 0.1) is 22.1 Å². The van der Waals surface area contributed by atoms with Gasteiger partial charge < -0.3 is 5.11 Å². The number of halogens is 1. The SMILES string of the molecule is O=C(O)c1cc(Sc2cnccn2)c(F)cc1[N+](=O)[O-]. The number of hydrogen-bond acceptors (Lipinski definition) is 6. The molecule has 1 heterocycles. The van der Waals surface area contributed by atoms with Crippen molar-refractivity contribution in [3.63, 3.8) is 0 Å². The summed E-state index contributed by atoms with van der Waals surface area (Å²) >= 11 is 0.832. The zero-order valence-corrected chi connectivity index (χ0v) is 10.5. The topological polar surface area (TPSA) is 106 Å². The predicted molar refractivity (Wildman–Crippen MR) is 66.2 cm³/mol. The van der Waals surface area contributed by atoms with E-state index in [0.29, 0.717) is 11.1 Å². The maximum Gasteiger partial charge on any atom is 0.342 e. The minimum atomic E-state index is -1.50. The van der Waals surface area contributed by atoms with Crippen molar-refractivity contribution in [2.24, 2.45) is 0 Å². The van der Waals surface area contributed by atoms with E-state index in [1.807, 2.05) is 0 Å². The van der Waals surface area contributed by atoms with Gasteiger partial charge in [-0.1, -0.05) is 11.8 Å². The number of rotatable bonds is 4. The third kappa shape index (κ3) is 2.88. The Bertz CT molecular complexity index is 681. The summed E-state index contributed by atoms with van der Waals surface area (Å²) in [5.74, 6) is -2.39. The van der Waals surface area contributed by atoms with Gasteiger partial charge in [-0.2, -0.15) is 0 Å². The molecule has 0 unspecified atom stereocenters. The van der Waals surface area contributed by atoms with Crippen molar-refractivity contribution in [3.8, 4) is 0 Å². The molecule has 2 aromatic rings. The number of nitro groups is 1. The van der Waals surface area contributed by atoms with Crippen LogP contribution in [0.15, 0.2) is 40.6 Å². The molecule has 0 aliphatic rings. The molecule has 0 aliphatic carbocycles. The summed E-state index contributed by atoms with van der Waals surface area (Å²) in [6, 6.07) is 1.50. The van der Waals surface area contributed by atoms with E-state index >= 15 is 0 Å². The molecular weight excluding hydrogens is 289 g/mol. The molecule has 0 saturated carbocycles. The molecule has 0 saturated heterocycles. The Kier molecular flexibility index (Phi) is 3.89.